The van der Waals surface area contributed by atoms with E-state index in [2.05, 4.69) is 16.9 Å². The average Bonchev–Trinajstić information content (AvgIpc) is 2.10. The van der Waals surface area contributed by atoms with E-state index < -0.39 is 5.97 Å². The lowest BCUT2D eigenvalue weighted by Crippen LogP contribution is -2.03. The highest BCUT2D eigenvalue weighted by atomic mass is 17.2. The van der Waals surface area contributed by atoms with Crippen molar-refractivity contribution in [3.63, 3.8) is 0 Å². The Balaban J connectivity index is 2.90. The van der Waals surface area contributed by atoms with Crippen LogP contribution in [0.1, 0.15) is 21.5 Å². The lowest BCUT2D eigenvalue weighted by atomic mass is 10.1. The topological polar surface area (TPSA) is 35.5 Å². The van der Waals surface area contributed by atoms with E-state index in [0.717, 1.165) is 11.1 Å². The van der Waals surface area contributed by atoms with Gasteiger partial charge in [0.15, 0.2) is 0 Å². The number of carbonyl (C=O) groups excluding carboxylic acids is 1. The molecule has 0 saturated heterocycles. The van der Waals surface area contributed by atoms with Gasteiger partial charge in [-0.1, -0.05) is 6.07 Å². The molecule has 0 N–H and O–H groups in total. The first kappa shape index (κ1) is 9.74. The fourth-order valence-corrected chi connectivity index (χ4v) is 0.970. The van der Waals surface area contributed by atoms with Crippen LogP contribution in [-0.4, -0.2) is 5.97 Å². The molecule has 0 atom stereocenters. The van der Waals surface area contributed by atoms with Crippen molar-refractivity contribution in [1.82, 2.24) is 0 Å². The second kappa shape index (κ2) is 4.05. The second-order valence-corrected chi connectivity index (χ2v) is 2.79. The molecule has 1 aromatic carbocycles. The molecule has 13 heavy (non-hydrogen) atoms. The third-order valence-electron chi connectivity index (χ3n) is 1.88. The standard InChI is InChI=1S/C10H11O3/c1-7-4-5-9(6-8(7)2)10(11)13-12-3/h4-6H,3H2,1-2H3. The molecule has 0 saturated carbocycles. The van der Waals surface area contributed by atoms with Crippen LogP contribution in [0.25, 0.3) is 0 Å². The Morgan fingerprint density at radius 3 is 2.54 bits per heavy atom. The summed E-state index contributed by atoms with van der Waals surface area (Å²) in [5.41, 5.74) is 2.64. The van der Waals surface area contributed by atoms with Crippen LogP contribution >= 0.6 is 0 Å². The molecule has 0 fully saturated rings. The monoisotopic (exact) mass is 179 g/mol. The van der Waals surface area contributed by atoms with Gasteiger partial charge in [-0.15, -0.1) is 0 Å². The summed E-state index contributed by atoms with van der Waals surface area (Å²) in [4.78, 5) is 19.4. The van der Waals surface area contributed by atoms with Gasteiger partial charge in [0.1, 0.15) is 7.11 Å². The van der Waals surface area contributed by atoms with E-state index in [9.17, 15) is 4.79 Å². The normalized spacial score (nSPS) is 9.77. The van der Waals surface area contributed by atoms with Crippen LogP contribution in [0.3, 0.4) is 0 Å². The van der Waals surface area contributed by atoms with Gasteiger partial charge >= 0.3 is 5.97 Å². The summed E-state index contributed by atoms with van der Waals surface area (Å²) >= 11 is 0. The van der Waals surface area contributed by atoms with Gasteiger partial charge in [0.25, 0.3) is 0 Å². The number of hydrogen-bond donors (Lipinski definition) is 0. The maximum Gasteiger partial charge on any atom is 0.373 e. The van der Waals surface area contributed by atoms with E-state index in [1.54, 1.807) is 12.1 Å². The van der Waals surface area contributed by atoms with Crippen LogP contribution in [0, 0.1) is 21.0 Å². The molecule has 3 nitrogen and oxygen atoms in total. The molecule has 69 valence electrons. The highest BCUT2D eigenvalue weighted by Gasteiger charge is 2.07. The molecule has 0 spiro atoms. The summed E-state index contributed by atoms with van der Waals surface area (Å²) in [6, 6.07) is 5.29. The van der Waals surface area contributed by atoms with Crippen molar-refractivity contribution in [2.45, 2.75) is 13.8 Å². The van der Waals surface area contributed by atoms with Crippen LogP contribution in [-0.2, 0) is 9.78 Å². The predicted molar refractivity (Wildman–Crippen MR) is 47.8 cm³/mol. The third-order valence-corrected chi connectivity index (χ3v) is 1.88. The smallest absolute Gasteiger partial charge is 0.293 e. The van der Waals surface area contributed by atoms with Gasteiger partial charge in [-0.3, -0.25) is 4.89 Å². The minimum Gasteiger partial charge on any atom is -0.293 e. The highest BCUT2D eigenvalue weighted by Crippen LogP contribution is 2.10. The van der Waals surface area contributed by atoms with Crippen molar-refractivity contribution in [1.29, 1.82) is 0 Å². The van der Waals surface area contributed by atoms with Crippen molar-refractivity contribution in [3.8, 4) is 0 Å². The predicted octanol–water partition coefficient (Wildman–Crippen LogP) is 2.18. The lowest BCUT2D eigenvalue weighted by Gasteiger charge is -2.02. The van der Waals surface area contributed by atoms with Gasteiger partial charge in [-0.05, 0) is 37.1 Å². The van der Waals surface area contributed by atoms with E-state index in [1.807, 2.05) is 19.9 Å². The molecule has 1 rings (SSSR count). The lowest BCUT2D eigenvalue weighted by molar-refractivity contribution is -0.195. The Bertz CT molecular complexity index is 318. The number of benzene rings is 1. The first-order chi connectivity index (χ1) is 6.15. The minimum absolute atomic E-state index is 0.465. The Morgan fingerprint density at radius 1 is 1.31 bits per heavy atom. The number of carbonyl (C=O) groups is 1. The molecule has 0 unspecified atom stereocenters. The molecule has 0 aliphatic rings. The van der Waals surface area contributed by atoms with Crippen LogP contribution in [0.5, 0.6) is 0 Å². The van der Waals surface area contributed by atoms with Crippen molar-refractivity contribution < 1.29 is 14.6 Å². The van der Waals surface area contributed by atoms with Gasteiger partial charge in [-0.2, -0.15) is 4.89 Å². The van der Waals surface area contributed by atoms with Crippen LogP contribution in [0.15, 0.2) is 18.2 Å². The van der Waals surface area contributed by atoms with Crippen molar-refractivity contribution in [2.24, 2.45) is 0 Å². The SMILES string of the molecule is [CH2]OOC(=O)c1ccc(C)c(C)c1. The zero-order chi connectivity index (χ0) is 9.84. The van der Waals surface area contributed by atoms with E-state index in [-0.39, 0.29) is 0 Å². The molecule has 3 heteroatoms. The average molecular weight is 179 g/mol. The van der Waals surface area contributed by atoms with E-state index in [0.29, 0.717) is 5.56 Å². The van der Waals surface area contributed by atoms with Crippen LogP contribution < -0.4 is 0 Å². The fraction of sp³-hybridized carbons (Fsp3) is 0.200. The summed E-state index contributed by atoms with van der Waals surface area (Å²) in [6.07, 6.45) is 0. The summed E-state index contributed by atoms with van der Waals surface area (Å²) in [5.74, 6) is -0.530. The van der Waals surface area contributed by atoms with Gasteiger partial charge in [-0.25, -0.2) is 4.79 Å². The molecule has 1 aromatic rings. The van der Waals surface area contributed by atoms with Crippen LogP contribution in [0.4, 0.5) is 0 Å². The molecule has 1 radical (unpaired) electrons. The number of rotatable bonds is 2. The van der Waals surface area contributed by atoms with Gasteiger partial charge in [0.2, 0.25) is 0 Å². The first-order valence-electron chi connectivity index (χ1n) is 3.85. The van der Waals surface area contributed by atoms with Gasteiger partial charge in [0, 0.05) is 0 Å². The van der Waals surface area contributed by atoms with E-state index in [4.69, 9.17) is 0 Å². The molecular formula is C10H11O3. The molecule has 0 amide bonds. The Labute approximate surface area is 77.2 Å². The highest BCUT2D eigenvalue weighted by molar-refractivity contribution is 5.89. The van der Waals surface area contributed by atoms with Crippen molar-refractivity contribution >= 4 is 5.97 Å². The molecular weight excluding hydrogens is 168 g/mol. The Kier molecular flexibility index (Phi) is 3.03. The zero-order valence-corrected chi connectivity index (χ0v) is 7.66. The summed E-state index contributed by atoms with van der Waals surface area (Å²) < 4.78 is 0. The van der Waals surface area contributed by atoms with E-state index in [1.165, 1.54) is 0 Å². The molecule has 0 aliphatic carbocycles. The van der Waals surface area contributed by atoms with Gasteiger partial charge < -0.3 is 0 Å². The zero-order valence-electron chi connectivity index (χ0n) is 7.66. The fourth-order valence-electron chi connectivity index (χ4n) is 0.970. The quantitative estimate of drug-likeness (QED) is 0.515. The number of aryl methyl sites for hydroxylation is 2. The van der Waals surface area contributed by atoms with E-state index >= 15 is 0 Å². The third kappa shape index (κ3) is 2.29. The molecule has 0 aromatic heterocycles. The van der Waals surface area contributed by atoms with Crippen molar-refractivity contribution in [2.75, 3.05) is 0 Å². The summed E-state index contributed by atoms with van der Waals surface area (Å²) in [7, 11) is 2.95. The summed E-state index contributed by atoms with van der Waals surface area (Å²) in [5, 5.41) is 0. The second-order valence-electron chi connectivity index (χ2n) is 2.79. The largest absolute Gasteiger partial charge is 0.373 e. The summed E-state index contributed by atoms with van der Waals surface area (Å²) in [6.45, 7) is 3.90. The van der Waals surface area contributed by atoms with Crippen molar-refractivity contribution in [3.05, 3.63) is 42.0 Å². The molecule has 0 heterocycles. The Hall–Kier alpha value is -1.35. The maximum atomic E-state index is 11.1. The number of hydrogen-bond acceptors (Lipinski definition) is 3. The molecule has 0 aliphatic heterocycles. The van der Waals surface area contributed by atoms with Crippen LogP contribution in [0.2, 0.25) is 0 Å². The maximum absolute atomic E-state index is 11.1. The van der Waals surface area contributed by atoms with Gasteiger partial charge in [0.05, 0.1) is 5.56 Å². The first-order valence-corrected chi connectivity index (χ1v) is 3.85. The Morgan fingerprint density at radius 2 is 2.00 bits per heavy atom. The minimum atomic E-state index is -0.530. The molecule has 0 bridgehead atoms.